The van der Waals surface area contributed by atoms with Crippen LogP contribution in [-0.2, 0) is 28.7 Å². The molecule has 2 aliphatic heterocycles. The number of alkyl halides is 3. The van der Waals surface area contributed by atoms with E-state index in [1.807, 2.05) is 0 Å². The van der Waals surface area contributed by atoms with Crippen molar-refractivity contribution in [2.75, 3.05) is 19.6 Å². The molecule has 0 unspecified atom stereocenters. The number of carbonyl (C=O) groups excluding carboxylic acids is 2. The molecule has 1 saturated heterocycles. The Hall–Kier alpha value is -2.49. The zero-order valence-corrected chi connectivity index (χ0v) is 18.4. The van der Waals surface area contributed by atoms with E-state index in [0.717, 1.165) is 12.3 Å². The van der Waals surface area contributed by atoms with Crippen molar-refractivity contribution < 1.29 is 27.5 Å². The molecule has 0 radical (unpaired) electrons. The van der Waals surface area contributed by atoms with Gasteiger partial charge in [-0.25, -0.2) is 4.79 Å². The normalized spacial score (nSPS) is 26.8. The largest absolute Gasteiger partial charge is 0.442 e. The number of nitrogens with zero attached hydrogens (tertiary/aromatic N) is 3. The third-order valence-electron chi connectivity index (χ3n) is 6.34. The topological polar surface area (TPSA) is 83.9 Å². The summed E-state index contributed by atoms with van der Waals surface area (Å²) >= 11 is 0. The van der Waals surface area contributed by atoms with Crippen LogP contribution in [0.5, 0.6) is 0 Å². The summed E-state index contributed by atoms with van der Waals surface area (Å²) in [5, 5.41) is 3.27. The Balaban J connectivity index is 1.53. The lowest BCUT2D eigenvalue weighted by Gasteiger charge is -2.36. The molecule has 2 amide bonds. The Morgan fingerprint density at radius 3 is 2.75 bits per heavy atom. The fraction of sp³-hybridized carbons (Fsp3) is 0.636. The number of ether oxygens (including phenoxy) is 1. The standard InChI is InChI=1S/C22H27F3N4O3/c1-20(2,3)32-19(31)28-16-7-14-9-26-12-21(14,8-16)18(30)29-5-4-17-13(11-29)6-15(10-27-17)22(23,24)25/h6,10,14,26H,4-5,7-9,11-12H2,1-3H3/t14-,21-/m0/s1. The molecule has 32 heavy (non-hydrogen) atoms. The van der Waals surface area contributed by atoms with Crippen molar-refractivity contribution in [3.63, 3.8) is 0 Å². The molecule has 1 aromatic heterocycles. The summed E-state index contributed by atoms with van der Waals surface area (Å²) in [7, 11) is 0. The minimum absolute atomic E-state index is 0.0165. The van der Waals surface area contributed by atoms with E-state index in [2.05, 4.69) is 15.3 Å². The summed E-state index contributed by atoms with van der Waals surface area (Å²) in [5.74, 6) is -0.123. The zero-order valence-electron chi connectivity index (χ0n) is 18.4. The van der Waals surface area contributed by atoms with E-state index in [1.165, 1.54) is 0 Å². The van der Waals surface area contributed by atoms with E-state index in [-0.39, 0.29) is 18.4 Å². The molecule has 2 atom stereocenters. The van der Waals surface area contributed by atoms with Gasteiger partial charge in [0.25, 0.3) is 0 Å². The second-order valence-corrected chi connectivity index (χ2v) is 9.83. The molecule has 174 valence electrons. The van der Waals surface area contributed by atoms with Crippen molar-refractivity contribution in [3.8, 4) is 0 Å². The number of pyridine rings is 1. The van der Waals surface area contributed by atoms with Crippen LogP contribution in [0.2, 0.25) is 0 Å². The van der Waals surface area contributed by atoms with Crippen molar-refractivity contribution >= 4 is 17.7 Å². The van der Waals surface area contributed by atoms with Crippen molar-refractivity contribution in [2.45, 2.75) is 58.4 Å². The van der Waals surface area contributed by atoms with Crippen molar-refractivity contribution in [3.05, 3.63) is 29.1 Å². The van der Waals surface area contributed by atoms with E-state index in [9.17, 15) is 22.8 Å². The molecule has 10 heteroatoms. The molecule has 1 aromatic rings. The number of aliphatic imine (C=N–C) groups is 1. The van der Waals surface area contributed by atoms with Gasteiger partial charge in [-0.05, 0) is 51.3 Å². The highest BCUT2D eigenvalue weighted by Crippen LogP contribution is 2.46. The number of halogens is 3. The second-order valence-electron chi connectivity index (χ2n) is 9.83. The third kappa shape index (κ3) is 4.37. The average molecular weight is 452 g/mol. The van der Waals surface area contributed by atoms with Crippen LogP contribution in [0.4, 0.5) is 18.0 Å². The van der Waals surface area contributed by atoms with Crippen LogP contribution in [0.25, 0.3) is 0 Å². The molecule has 0 spiro atoms. The lowest BCUT2D eigenvalue weighted by atomic mass is 9.79. The first kappa shape index (κ1) is 22.7. The summed E-state index contributed by atoms with van der Waals surface area (Å²) in [6, 6.07) is 1.09. The lowest BCUT2D eigenvalue weighted by Crippen LogP contribution is -2.48. The van der Waals surface area contributed by atoms with E-state index < -0.39 is 28.8 Å². The molecule has 0 aromatic carbocycles. The van der Waals surface area contributed by atoms with Gasteiger partial charge in [0, 0.05) is 50.1 Å². The molecule has 3 aliphatic rings. The van der Waals surface area contributed by atoms with Gasteiger partial charge in [-0.1, -0.05) is 0 Å². The highest BCUT2D eigenvalue weighted by Gasteiger charge is 2.55. The monoisotopic (exact) mass is 452 g/mol. The van der Waals surface area contributed by atoms with Crippen LogP contribution in [-0.4, -0.2) is 52.8 Å². The second kappa shape index (κ2) is 7.83. The average Bonchev–Trinajstić information content (AvgIpc) is 3.22. The van der Waals surface area contributed by atoms with Gasteiger partial charge in [-0.2, -0.15) is 18.2 Å². The molecular weight excluding hydrogens is 425 g/mol. The highest BCUT2D eigenvalue weighted by atomic mass is 19.4. The molecule has 1 aliphatic carbocycles. The van der Waals surface area contributed by atoms with Crippen LogP contribution in [0, 0.1) is 11.3 Å². The first-order valence-corrected chi connectivity index (χ1v) is 10.7. The highest BCUT2D eigenvalue weighted by molar-refractivity contribution is 6.01. The number of hydrogen-bond acceptors (Lipinski definition) is 5. The molecule has 2 fully saturated rings. The molecular formula is C22H27F3N4O3. The Labute approximate surface area is 184 Å². The van der Waals surface area contributed by atoms with Gasteiger partial charge < -0.3 is 15.0 Å². The Morgan fingerprint density at radius 1 is 1.31 bits per heavy atom. The smallest absolute Gasteiger partial charge is 0.434 e. The summed E-state index contributed by atoms with van der Waals surface area (Å²) in [6.07, 6.45) is -3.03. The first-order valence-electron chi connectivity index (χ1n) is 10.7. The number of nitrogens with one attached hydrogen (secondary N) is 1. The fourth-order valence-electron chi connectivity index (χ4n) is 4.90. The van der Waals surface area contributed by atoms with Gasteiger partial charge in [0.2, 0.25) is 5.91 Å². The van der Waals surface area contributed by atoms with Crippen LogP contribution in [0.1, 0.15) is 50.4 Å². The lowest BCUT2D eigenvalue weighted by molar-refractivity contribution is -0.143. The predicted molar refractivity (Wildman–Crippen MR) is 110 cm³/mol. The van der Waals surface area contributed by atoms with Gasteiger partial charge in [0.1, 0.15) is 5.60 Å². The molecule has 4 rings (SSSR count). The van der Waals surface area contributed by atoms with E-state index in [0.29, 0.717) is 55.9 Å². The van der Waals surface area contributed by atoms with Gasteiger partial charge >= 0.3 is 12.3 Å². The maximum Gasteiger partial charge on any atom is 0.434 e. The number of fused-ring (bicyclic) bond motifs is 2. The summed E-state index contributed by atoms with van der Waals surface area (Å²) in [4.78, 5) is 35.5. The maximum absolute atomic E-state index is 13.6. The Kier molecular flexibility index (Phi) is 5.55. The van der Waals surface area contributed by atoms with Crippen LogP contribution >= 0.6 is 0 Å². The van der Waals surface area contributed by atoms with E-state index in [1.54, 1.807) is 25.7 Å². The minimum atomic E-state index is -4.48. The van der Waals surface area contributed by atoms with Gasteiger partial charge in [-0.3, -0.25) is 9.78 Å². The van der Waals surface area contributed by atoms with Crippen LogP contribution in [0.15, 0.2) is 17.3 Å². The van der Waals surface area contributed by atoms with Crippen molar-refractivity contribution in [1.29, 1.82) is 0 Å². The quantitative estimate of drug-likeness (QED) is 0.707. The van der Waals surface area contributed by atoms with Gasteiger partial charge in [-0.15, -0.1) is 0 Å². The van der Waals surface area contributed by atoms with E-state index in [4.69, 9.17) is 4.74 Å². The van der Waals surface area contributed by atoms with Crippen molar-refractivity contribution in [2.24, 2.45) is 16.3 Å². The number of rotatable bonds is 1. The van der Waals surface area contributed by atoms with Gasteiger partial charge in [0.15, 0.2) is 0 Å². The molecule has 1 saturated carbocycles. The zero-order chi connectivity index (χ0) is 23.3. The Morgan fingerprint density at radius 2 is 2.06 bits per heavy atom. The maximum atomic E-state index is 13.6. The fourth-order valence-corrected chi connectivity index (χ4v) is 4.90. The van der Waals surface area contributed by atoms with Crippen LogP contribution < -0.4 is 5.32 Å². The van der Waals surface area contributed by atoms with Gasteiger partial charge in [0.05, 0.1) is 11.0 Å². The third-order valence-corrected chi connectivity index (χ3v) is 6.34. The Bertz CT molecular complexity index is 970. The molecule has 3 heterocycles. The predicted octanol–water partition coefficient (Wildman–Crippen LogP) is 3.36. The number of aromatic nitrogens is 1. The number of hydrogen-bond donors (Lipinski definition) is 1. The molecule has 0 bridgehead atoms. The summed E-state index contributed by atoms with van der Waals surface area (Å²) < 4.78 is 44.6. The number of amides is 2. The number of carbonyl (C=O) groups is 2. The van der Waals surface area contributed by atoms with E-state index >= 15 is 0 Å². The van der Waals surface area contributed by atoms with Crippen molar-refractivity contribution in [1.82, 2.24) is 15.2 Å². The summed E-state index contributed by atoms with van der Waals surface area (Å²) in [6.45, 7) is 6.86. The molecule has 7 nitrogen and oxygen atoms in total. The SMILES string of the molecule is CC(C)(C)OC(=O)N=C1C[C@H]2CNC[C@@]2(C(=O)N2CCc3ncc(C(F)(F)F)cc3C2)C1. The summed E-state index contributed by atoms with van der Waals surface area (Å²) in [5.41, 5.74) is -0.546. The first-order chi connectivity index (χ1) is 14.9. The molecule has 1 N–H and O–H groups in total. The minimum Gasteiger partial charge on any atom is -0.442 e. The van der Waals surface area contributed by atoms with Crippen LogP contribution in [0.3, 0.4) is 0 Å².